The van der Waals surface area contributed by atoms with E-state index in [1.165, 1.54) is 11.1 Å². The maximum Gasteiger partial charge on any atom is 0.159 e. The van der Waals surface area contributed by atoms with Gasteiger partial charge >= 0.3 is 0 Å². The van der Waals surface area contributed by atoms with Crippen molar-refractivity contribution in [3.63, 3.8) is 0 Å². The summed E-state index contributed by atoms with van der Waals surface area (Å²) in [6.07, 6.45) is 7.23. The van der Waals surface area contributed by atoms with Crippen molar-refractivity contribution in [2.24, 2.45) is 0 Å². The number of benzene rings is 7. The van der Waals surface area contributed by atoms with Crippen LogP contribution in [0, 0.1) is 0 Å². The summed E-state index contributed by atoms with van der Waals surface area (Å²) in [5.74, 6) is 0.713. The maximum absolute atomic E-state index is 4.58. The third-order valence-corrected chi connectivity index (χ3v) is 11.0. The fourth-order valence-corrected chi connectivity index (χ4v) is 8.01. The van der Waals surface area contributed by atoms with Crippen LogP contribution in [0.15, 0.2) is 231 Å². The van der Waals surface area contributed by atoms with Crippen LogP contribution in [0.4, 0.5) is 0 Å². The molecule has 0 saturated heterocycles. The molecule has 0 radical (unpaired) electrons. The Balaban J connectivity index is 1.12. The summed E-state index contributed by atoms with van der Waals surface area (Å²) >= 11 is 0. The van der Waals surface area contributed by atoms with Crippen LogP contribution in [-0.4, -0.2) is 19.9 Å². The Labute approximate surface area is 350 Å². The van der Waals surface area contributed by atoms with Gasteiger partial charge in [-0.2, -0.15) is 0 Å². The van der Waals surface area contributed by atoms with E-state index in [4.69, 9.17) is 0 Å². The van der Waals surface area contributed by atoms with Crippen LogP contribution in [0.2, 0.25) is 0 Å². The van der Waals surface area contributed by atoms with Gasteiger partial charge in [-0.1, -0.05) is 158 Å². The topological polar surface area (TPSA) is 51.6 Å². The van der Waals surface area contributed by atoms with Crippen LogP contribution in [-0.2, 0) is 0 Å². The van der Waals surface area contributed by atoms with E-state index >= 15 is 0 Å². The molecule has 10 aromatic rings. The standard InChI is InChI=1S/C56H38N4/c1-4-15-51(48(12-1)39-20-26-42(27-21-39)54-18-7-9-32-57-54)45-36-46(52-16-5-2-13-49(52)40-22-28-43(29-23-40)55-19-8-10-33-58-55)38-47(37-45)53-17-6-3-14-50(53)41-24-30-44(31-25-41)56-59-34-11-35-60-56/h1-38H. The Hall–Kier alpha value is -8.08. The Bertz CT molecular complexity index is 2690. The van der Waals surface area contributed by atoms with Crippen LogP contribution < -0.4 is 0 Å². The Kier molecular flexibility index (Phi) is 9.92. The highest BCUT2D eigenvalue weighted by molar-refractivity contribution is 5.94. The average Bonchev–Trinajstić information content (AvgIpc) is 3.35. The van der Waals surface area contributed by atoms with Gasteiger partial charge in [-0.05, 0) is 115 Å². The first kappa shape index (κ1) is 36.3. The molecule has 60 heavy (non-hydrogen) atoms. The van der Waals surface area contributed by atoms with Gasteiger partial charge in [-0.3, -0.25) is 9.97 Å². The van der Waals surface area contributed by atoms with Gasteiger partial charge in [0.1, 0.15) is 0 Å². The van der Waals surface area contributed by atoms with E-state index in [1.54, 1.807) is 12.4 Å². The molecule has 0 saturated carbocycles. The number of hydrogen-bond donors (Lipinski definition) is 0. The molecule has 10 rings (SSSR count). The normalized spacial score (nSPS) is 11.0. The number of aromatic nitrogens is 4. The molecule has 3 heterocycles. The van der Waals surface area contributed by atoms with Crippen molar-refractivity contribution >= 4 is 0 Å². The van der Waals surface area contributed by atoms with Gasteiger partial charge in [-0.15, -0.1) is 0 Å². The lowest BCUT2D eigenvalue weighted by Gasteiger charge is -2.18. The van der Waals surface area contributed by atoms with Crippen molar-refractivity contribution in [3.05, 3.63) is 231 Å². The van der Waals surface area contributed by atoms with E-state index in [1.807, 2.05) is 54.9 Å². The summed E-state index contributed by atoms with van der Waals surface area (Å²) in [6.45, 7) is 0. The second-order valence-electron chi connectivity index (χ2n) is 14.7. The predicted octanol–water partition coefficient (Wildman–Crippen LogP) is 14.3. The number of nitrogens with zero attached hydrogens (tertiary/aromatic N) is 4. The summed E-state index contributed by atoms with van der Waals surface area (Å²) in [4.78, 5) is 18.1. The molecule has 3 aromatic heterocycles. The monoisotopic (exact) mass is 766 g/mol. The lowest BCUT2D eigenvalue weighted by atomic mass is 9.86. The van der Waals surface area contributed by atoms with Crippen LogP contribution in [0.5, 0.6) is 0 Å². The van der Waals surface area contributed by atoms with Crippen LogP contribution in [0.1, 0.15) is 0 Å². The van der Waals surface area contributed by atoms with E-state index in [0.29, 0.717) is 5.82 Å². The number of hydrogen-bond acceptors (Lipinski definition) is 4. The molecule has 4 nitrogen and oxygen atoms in total. The van der Waals surface area contributed by atoms with E-state index in [9.17, 15) is 0 Å². The van der Waals surface area contributed by atoms with Gasteiger partial charge in [0.2, 0.25) is 0 Å². The first-order valence-electron chi connectivity index (χ1n) is 20.1. The van der Waals surface area contributed by atoms with E-state index in [-0.39, 0.29) is 0 Å². The zero-order valence-electron chi connectivity index (χ0n) is 32.7. The van der Waals surface area contributed by atoms with E-state index in [0.717, 1.165) is 83.7 Å². The molecule has 7 aromatic carbocycles. The third-order valence-electron chi connectivity index (χ3n) is 11.0. The Morgan fingerprint density at radius 1 is 0.200 bits per heavy atom. The predicted molar refractivity (Wildman–Crippen MR) is 247 cm³/mol. The van der Waals surface area contributed by atoms with Crippen molar-refractivity contribution < 1.29 is 0 Å². The number of rotatable bonds is 9. The van der Waals surface area contributed by atoms with Crippen molar-refractivity contribution in [2.45, 2.75) is 0 Å². The van der Waals surface area contributed by atoms with Gasteiger partial charge in [-0.25, -0.2) is 9.97 Å². The largest absolute Gasteiger partial charge is 0.256 e. The summed E-state index contributed by atoms with van der Waals surface area (Å²) < 4.78 is 0. The molecule has 0 aliphatic rings. The molecule has 4 heteroatoms. The van der Waals surface area contributed by atoms with Crippen molar-refractivity contribution in [2.75, 3.05) is 0 Å². The van der Waals surface area contributed by atoms with Gasteiger partial charge in [0.15, 0.2) is 5.82 Å². The van der Waals surface area contributed by atoms with E-state index in [2.05, 4.69) is 184 Å². The Morgan fingerprint density at radius 3 is 0.817 bits per heavy atom. The Morgan fingerprint density at radius 2 is 0.483 bits per heavy atom. The third kappa shape index (κ3) is 7.42. The van der Waals surface area contributed by atoms with Crippen LogP contribution in [0.25, 0.3) is 101 Å². The van der Waals surface area contributed by atoms with Gasteiger partial charge in [0, 0.05) is 41.5 Å². The van der Waals surface area contributed by atoms with Crippen molar-refractivity contribution in [3.8, 4) is 101 Å². The van der Waals surface area contributed by atoms with E-state index < -0.39 is 0 Å². The first-order chi connectivity index (χ1) is 29.7. The first-order valence-corrected chi connectivity index (χ1v) is 20.1. The molecule has 0 atom stereocenters. The summed E-state index contributed by atoms with van der Waals surface area (Å²) in [7, 11) is 0. The van der Waals surface area contributed by atoms with Crippen molar-refractivity contribution in [1.29, 1.82) is 0 Å². The van der Waals surface area contributed by atoms with Gasteiger partial charge in [0.05, 0.1) is 11.4 Å². The molecule has 0 bridgehead atoms. The van der Waals surface area contributed by atoms with Gasteiger partial charge in [0.25, 0.3) is 0 Å². The summed E-state index contributed by atoms with van der Waals surface area (Å²) in [6, 6.07) is 73.1. The second-order valence-corrected chi connectivity index (χ2v) is 14.7. The van der Waals surface area contributed by atoms with Crippen LogP contribution >= 0.6 is 0 Å². The molecule has 282 valence electrons. The highest BCUT2D eigenvalue weighted by Crippen LogP contribution is 2.42. The molecule has 0 aliphatic heterocycles. The molecule has 0 amide bonds. The lowest BCUT2D eigenvalue weighted by Crippen LogP contribution is -1.92. The highest BCUT2D eigenvalue weighted by atomic mass is 14.8. The molecule has 0 unspecified atom stereocenters. The average molecular weight is 767 g/mol. The quantitative estimate of drug-likeness (QED) is 0.147. The molecular formula is C56H38N4. The smallest absolute Gasteiger partial charge is 0.159 e. The molecule has 0 spiro atoms. The number of pyridine rings is 2. The zero-order chi connectivity index (χ0) is 40.1. The SMILES string of the molecule is c1ccc(-c2ccc(-c3ccccc3-c3cc(-c4ccccc4-c4ccc(-c5ccccn5)cc4)cc(-c4ccccc4-c4ccc(-c5ncccn5)cc4)c3)cc2)nc1. The van der Waals surface area contributed by atoms with Gasteiger partial charge < -0.3 is 0 Å². The van der Waals surface area contributed by atoms with Crippen LogP contribution in [0.3, 0.4) is 0 Å². The zero-order valence-corrected chi connectivity index (χ0v) is 32.7. The highest BCUT2D eigenvalue weighted by Gasteiger charge is 2.17. The maximum atomic E-state index is 4.58. The lowest BCUT2D eigenvalue weighted by molar-refractivity contribution is 1.18. The molecular weight excluding hydrogens is 729 g/mol. The summed E-state index contributed by atoms with van der Waals surface area (Å²) in [5.41, 5.74) is 18.9. The fraction of sp³-hybridized carbons (Fsp3) is 0. The fourth-order valence-electron chi connectivity index (χ4n) is 8.01. The molecule has 0 N–H and O–H groups in total. The second kappa shape index (κ2) is 16.4. The van der Waals surface area contributed by atoms with Crippen molar-refractivity contribution in [1.82, 2.24) is 19.9 Å². The minimum absolute atomic E-state index is 0.713. The molecule has 0 aliphatic carbocycles. The summed E-state index contributed by atoms with van der Waals surface area (Å²) in [5, 5.41) is 0. The molecule has 0 fully saturated rings. The minimum atomic E-state index is 0.713. The minimum Gasteiger partial charge on any atom is -0.256 e.